The van der Waals surface area contributed by atoms with E-state index in [4.69, 9.17) is 4.74 Å². The number of ether oxygens (including phenoxy) is 1. The highest BCUT2D eigenvalue weighted by molar-refractivity contribution is 6.02. The van der Waals surface area contributed by atoms with E-state index in [1.165, 1.54) is 24.3 Å². The van der Waals surface area contributed by atoms with Gasteiger partial charge < -0.3 is 10.1 Å². The van der Waals surface area contributed by atoms with Crippen molar-refractivity contribution in [1.82, 2.24) is 5.32 Å². The first-order chi connectivity index (χ1) is 10.6. The molecular formula is C17H16FNO3. The average molecular weight is 301 g/mol. The molecule has 1 amide bonds. The molecule has 1 unspecified atom stereocenters. The maximum Gasteiger partial charge on any atom is 0.407 e. The van der Waals surface area contributed by atoms with E-state index in [2.05, 4.69) is 5.32 Å². The van der Waals surface area contributed by atoms with E-state index in [1.54, 1.807) is 37.3 Å². The topological polar surface area (TPSA) is 55.4 Å². The molecule has 0 aliphatic rings. The predicted molar refractivity (Wildman–Crippen MR) is 80.1 cm³/mol. The molecule has 0 aliphatic carbocycles. The molecule has 0 saturated carbocycles. The quantitative estimate of drug-likeness (QED) is 0.860. The van der Waals surface area contributed by atoms with Crippen LogP contribution in [0.4, 0.5) is 9.18 Å². The van der Waals surface area contributed by atoms with Crippen molar-refractivity contribution in [2.75, 3.05) is 6.61 Å². The molecule has 2 rings (SSSR count). The summed E-state index contributed by atoms with van der Waals surface area (Å²) in [5.41, 5.74) is 0.942. The maximum atomic E-state index is 13.1. The number of rotatable bonds is 5. The van der Waals surface area contributed by atoms with Crippen LogP contribution in [0.5, 0.6) is 0 Å². The van der Waals surface area contributed by atoms with E-state index < -0.39 is 18.0 Å². The Balaban J connectivity index is 2.30. The highest BCUT2D eigenvalue weighted by atomic mass is 19.1. The number of benzene rings is 2. The van der Waals surface area contributed by atoms with Crippen molar-refractivity contribution in [3.05, 3.63) is 71.5 Å². The van der Waals surface area contributed by atoms with Gasteiger partial charge in [0.25, 0.3) is 0 Å². The molecule has 0 aromatic heterocycles. The van der Waals surface area contributed by atoms with Crippen LogP contribution < -0.4 is 5.32 Å². The standard InChI is InChI=1S/C17H16FNO3/c1-2-22-17(21)19-15(12-8-10-14(18)11-9-12)16(20)13-6-4-3-5-7-13/h3-11,15H,2H2,1H3,(H,19,21). The maximum absolute atomic E-state index is 13.1. The smallest absolute Gasteiger partial charge is 0.407 e. The number of carbonyl (C=O) groups is 2. The Morgan fingerprint density at radius 2 is 1.73 bits per heavy atom. The van der Waals surface area contributed by atoms with Crippen LogP contribution in [0, 0.1) is 5.82 Å². The van der Waals surface area contributed by atoms with E-state index in [0.717, 1.165) is 0 Å². The zero-order chi connectivity index (χ0) is 15.9. The summed E-state index contributed by atoms with van der Waals surface area (Å²) >= 11 is 0. The first-order valence-electron chi connectivity index (χ1n) is 6.90. The van der Waals surface area contributed by atoms with Gasteiger partial charge in [-0.2, -0.15) is 0 Å². The van der Waals surface area contributed by atoms with Gasteiger partial charge in [0.1, 0.15) is 11.9 Å². The van der Waals surface area contributed by atoms with Gasteiger partial charge >= 0.3 is 6.09 Å². The molecule has 22 heavy (non-hydrogen) atoms. The number of hydrogen-bond acceptors (Lipinski definition) is 3. The van der Waals surface area contributed by atoms with Gasteiger partial charge in [-0.3, -0.25) is 4.79 Å². The highest BCUT2D eigenvalue weighted by Gasteiger charge is 2.24. The molecule has 0 bridgehead atoms. The molecule has 1 N–H and O–H groups in total. The molecular weight excluding hydrogens is 285 g/mol. The van der Waals surface area contributed by atoms with Gasteiger partial charge in [0, 0.05) is 5.56 Å². The van der Waals surface area contributed by atoms with Crippen LogP contribution in [0.25, 0.3) is 0 Å². The van der Waals surface area contributed by atoms with Crippen molar-refractivity contribution in [3.63, 3.8) is 0 Å². The van der Waals surface area contributed by atoms with Crippen LogP contribution in [0.15, 0.2) is 54.6 Å². The van der Waals surface area contributed by atoms with Gasteiger partial charge in [0.2, 0.25) is 0 Å². The minimum absolute atomic E-state index is 0.196. The number of carbonyl (C=O) groups excluding carboxylic acids is 2. The van der Waals surface area contributed by atoms with E-state index in [9.17, 15) is 14.0 Å². The van der Waals surface area contributed by atoms with E-state index in [0.29, 0.717) is 11.1 Å². The molecule has 2 aromatic carbocycles. The molecule has 0 aliphatic heterocycles. The predicted octanol–water partition coefficient (Wildman–Crippen LogP) is 3.50. The van der Waals surface area contributed by atoms with Gasteiger partial charge in [0.15, 0.2) is 5.78 Å². The number of halogens is 1. The fourth-order valence-corrected chi connectivity index (χ4v) is 2.02. The highest BCUT2D eigenvalue weighted by Crippen LogP contribution is 2.19. The zero-order valence-electron chi connectivity index (χ0n) is 12.1. The van der Waals surface area contributed by atoms with Crippen LogP contribution in [-0.2, 0) is 4.74 Å². The second-order valence-electron chi connectivity index (χ2n) is 4.58. The van der Waals surface area contributed by atoms with Gasteiger partial charge in [-0.25, -0.2) is 9.18 Å². The molecule has 0 spiro atoms. The van der Waals surface area contributed by atoms with Crippen LogP contribution in [0.3, 0.4) is 0 Å². The Kier molecular flexibility index (Phi) is 5.25. The monoisotopic (exact) mass is 301 g/mol. The lowest BCUT2D eigenvalue weighted by atomic mass is 9.97. The van der Waals surface area contributed by atoms with E-state index >= 15 is 0 Å². The summed E-state index contributed by atoms with van der Waals surface area (Å²) in [6, 6.07) is 13.1. The van der Waals surface area contributed by atoms with Gasteiger partial charge in [-0.15, -0.1) is 0 Å². The van der Waals surface area contributed by atoms with Crippen molar-refractivity contribution >= 4 is 11.9 Å². The van der Waals surface area contributed by atoms with Crippen LogP contribution in [0.2, 0.25) is 0 Å². The first-order valence-corrected chi connectivity index (χ1v) is 6.90. The van der Waals surface area contributed by atoms with E-state index in [1.807, 2.05) is 0 Å². The minimum Gasteiger partial charge on any atom is -0.450 e. The SMILES string of the molecule is CCOC(=O)NC(C(=O)c1ccccc1)c1ccc(F)cc1. The van der Waals surface area contributed by atoms with Crippen LogP contribution in [-0.4, -0.2) is 18.5 Å². The normalized spacial score (nSPS) is 11.5. The van der Waals surface area contributed by atoms with Gasteiger partial charge in [-0.1, -0.05) is 42.5 Å². The summed E-state index contributed by atoms with van der Waals surface area (Å²) < 4.78 is 17.9. The van der Waals surface area contributed by atoms with Crippen LogP contribution >= 0.6 is 0 Å². The van der Waals surface area contributed by atoms with E-state index in [-0.39, 0.29) is 12.4 Å². The lowest BCUT2D eigenvalue weighted by Gasteiger charge is -2.18. The van der Waals surface area contributed by atoms with Crippen molar-refractivity contribution in [1.29, 1.82) is 0 Å². The summed E-state index contributed by atoms with van der Waals surface area (Å²) in [4.78, 5) is 24.3. The largest absolute Gasteiger partial charge is 0.450 e. The lowest BCUT2D eigenvalue weighted by molar-refractivity contribution is 0.0924. The number of amides is 1. The fraction of sp³-hybridized carbons (Fsp3) is 0.176. The third kappa shape index (κ3) is 3.91. The third-order valence-electron chi connectivity index (χ3n) is 3.06. The minimum atomic E-state index is -0.929. The zero-order valence-corrected chi connectivity index (χ0v) is 12.1. The molecule has 2 aromatic rings. The molecule has 0 radical (unpaired) electrons. The Hall–Kier alpha value is -2.69. The molecule has 0 fully saturated rings. The molecule has 114 valence electrons. The third-order valence-corrected chi connectivity index (χ3v) is 3.06. The molecule has 4 nitrogen and oxygen atoms in total. The number of nitrogens with one attached hydrogen (secondary N) is 1. The van der Waals surface area contributed by atoms with Crippen LogP contribution in [0.1, 0.15) is 28.9 Å². The second-order valence-corrected chi connectivity index (χ2v) is 4.58. The average Bonchev–Trinajstić information content (AvgIpc) is 2.54. The molecule has 0 heterocycles. The summed E-state index contributed by atoms with van der Waals surface area (Å²) in [7, 11) is 0. The Bertz CT molecular complexity index is 641. The van der Waals surface area contributed by atoms with Crippen molar-refractivity contribution in [2.45, 2.75) is 13.0 Å². The first kappa shape index (κ1) is 15.7. The summed E-state index contributed by atoms with van der Waals surface area (Å²) in [6.07, 6.45) is -0.693. The van der Waals surface area contributed by atoms with Gasteiger partial charge in [0.05, 0.1) is 6.61 Å². The number of Topliss-reactive ketones (excluding diaryl/α,β-unsaturated/α-hetero) is 1. The Labute approximate surface area is 127 Å². The number of hydrogen-bond donors (Lipinski definition) is 1. The second kappa shape index (κ2) is 7.36. The Morgan fingerprint density at radius 1 is 1.09 bits per heavy atom. The molecule has 5 heteroatoms. The van der Waals surface area contributed by atoms with Crippen molar-refractivity contribution < 1.29 is 18.7 Å². The van der Waals surface area contributed by atoms with Crippen molar-refractivity contribution in [2.24, 2.45) is 0 Å². The molecule has 1 atom stereocenters. The summed E-state index contributed by atoms with van der Waals surface area (Å²) in [5.74, 6) is -0.703. The summed E-state index contributed by atoms with van der Waals surface area (Å²) in [6.45, 7) is 1.87. The summed E-state index contributed by atoms with van der Waals surface area (Å²) in [5, 5.41) is 2.52. The van der Waals surface area contributed by atoms with Gasteiger partial charge in [-0.05, 0) is 24.6 Å². The van der Waals surface area contributed by atoms with Crippen molar-refractivity contribution in [3.8, 4) is 0 Å². The fourth-order valence-electron chi connectivity index (χ4n) is 2.02. The number of ketones is 1. The number of alkyl carbamates (subject to hydrolysis) is 1. The lowest BCUT2D eigenvalue weighted by Crippen LogP contribution is -2.34. The molecule has 0 saturated heterocycles. The Morgan fingerprint density at radius 3 is 2.32 bits per heavy atom.